The molecule has 0 spiro atoms. The molecule has 9 nitrogen and oxygen atoms in total. The van der Waals surface area contributed by atoms with E-state index in [2.05, 4.69) is 5.32 Å². The van der Waals surface area contributed by atoms with Gasteiger partial charge in [-0.05, 0) is 48.6 Å². The van der Waals surface area contributed by atoms with E-state index in [9.17, 15) is 19.2 Å². The zero-order valence-electron chi connectivity index (χ0n) is 21.4. The van der Waals surface area contributed by atoms with Crippen molar-refractivity contribution in [3.8, 4) is 0 Å². The summed E-state index contributed by atoms with van der Waals surface area (Å²) in [6.45, 7) is 8.12. The van der Waals surface area contributed by atoms with Crippen LogP contribution in [0.1, 0.15) is 44.5 Å². The lowest BCUT2D eigenvalue weighted by molar-refractivity contribution is -0.137. The molecular weight excluding hydrogens is 448 g/mol. The van der Waals surface area contributed by atoms with E-state index in [1.807, 2.05) is 58.8 Å². The number of ether oxygens (including phenoxy) is 1. The molecule has 3 amide bonds. The van der Waals surface area contributed by atoms with Crippen molar-refractivity contribution in [3.05, 3.63) is 41.6 Å². The number of amides is 3. The summed E-state index contributed by atoms with van der Waals surface area (Å²) in [5.41, 5.74) is 1.89. The number of likely N-dealkylation sites (tertiary alicyclic amines) is 1. The molecule has 2 unspecified atom stereocenters. The Morgan fingerprint density at radius 2 is 1.74 bits per heavy atom. The van der Waals surface area contributed by atoms with Crippen LogP contribution in [0.4, 0.5) is 10.5 Å². The Hall–Kier alpha value is -3.36. The van der Waals surface area contributed by atoms with E-state index in [-0.39, 0.29) is 49.1 Å². The van der Waals surface area contributed by atoms with Crippen molar-refractivity contribution in [2.75, 3.05) is 38.7 Å². The molecule has 190 valence electrons. The first kappa shape index (κ1) is 26.2. The summed E-state index contributed by atoms with van der Waals surface area (Å²) in [4.78, 5) is 56.5. The lowest BCUT2D eigenvalue weighted by Gasteiger charge is -2.28. The van der Waals surface area contributed by atoms with Crippen LogP contribution >= 0.6 is 0 Å². The van der Waals surface area contributed by atoms with E-state index >= 15 is 0 Å². The van der Waals surface area contributed by atoms with Gasteiger partial charge in [0.05, 0.1) is 18.8 Å². The van der Waals surface area contributed by atoms with Crippen LogP contribution in [0.2, 0.25) is 0 Å². The molecule has 1 fully saturated rings. The summed E-state index contributed by atoms with van der Waals surface area (Å²) >= 11 is 0. The van der Waals surface area contributed by atoms with Gasteiger partial charge < -0.3 is 19.9 Å². The molecule has 1 aromatic carbocycles. The summed E-state index contributed by atoms with van der Waals surface area (Å²) in [6, 6.07) is 5.50. The van der Waals surface area contributed by atoms with Gasteiger partial charge in [0, 0.05) is 31.9 Å². The minimum absolute atomic E-state index is 0.128. The van der Waals surface area contributed by atoms with Crippen LogP contribution in [0.3, 0.4) is 0 Å². The van der Waals surface area contributed by atoms with Crippen LogP contribution in [0.5, 0.6) is 0 Å². The van der Waals surface area contributed by atoms with Crippen LogP contribution < -0.4 is 10.2 Å². The topological polar surface area (TPSA) is 99.3 Å². The van der Waals surface area contributed by atoms with Crippen molar-refractivity contribution in [1.82, 2.24) is 15.1 Å². The highest BCUT2D eigenvalue weighted by Crippen LogP contribution is 2.31. The number of hydrogen-bond donors (Lipinski definition) is 1. The second-order valence-corrected chi connectivity index (χ2v) is 10.1. The molecule has 1 aromatic rings. The Labute approximate surface area is 207 Å². The summed E-state index contributed by atoms with van der Waals surface area (Å²) < 4.78 is 5.29. The van der Waals surface area contributed by atoms with Crippen LogP contribution in [-0.2, 0) is 14.3 Å². The molecule has 1 N–H and O–H groups in total. The summed E-state index contributed by atoms with van der Waals surface area (Å²) in [5.74, 6) is -0.616. The van der Waals surface area contributed by atoms with Gasteiger partial charge in [-0.25, -0.2) is 4.79 Å². The Kier molecular flexibility index (Phi) is 8.19. The average molecular weight is 485 g/mol. The Balaban J connectivity index is 1.73. The maximum absolute atomic E-state index is 13.6. The average Bonchev–Trinajstić information content (AvgIpc) is 3.37. The van der Waals surface area contributed by atoms with E-state index in [1.54, 1.807) is 18.2 Å². The van der Waals surface area contributed by atoms with Crippen molar-refractivity contribution in [2.24, 2.45) is 11.8 Å². The second kappa shape index (κ2) is 10.9. The quantitative estimate of drug-likeness (QED) is 0.609. The van der Waals surface area contributed by atoms with Gasteiger partial charge in [-0.2, -0.15) is 0 Å². The summed E-state index contributed by atoms with van der Waals surface area (Å²) in [7, 11) is 3.83. The number of nitrogens with one attached hydrogen (secondary N) is 1. The van der Waals surface area contributed by atoms with Crippen molar-refractivity contribution < 1.29 is 23.9 Å². The SMILES string of the molecule is CC(C)COC(=O)N1CC(=O)C2C1=CCN2C(=O)C(CC(C)C)NC(=O)c1ccc(N(C)C)cc1. The van der Waals surface area contributed by atoms with Gasteiger partial charge >= 0.3 is 6.09 Å². The minimum atomic E-state index is -0.833. The van der Waals surface area contributed by atoms with Gasteiger partial charge in [0.2, 0.25) is 5.91 Å². The van der Waals surface area contributed by atoms with Crippen molar-refractivity contribution in [1.29, 1.82) is 0 Å². The largest absolute Gasteiger partial charge is 0.449 e. The second-order valence-electron chi connectivity index (χ2n) is 10.1. The number of anilines is 1. The third-order valence-electron chi connectivity index (χ3n) is 6.02. The van der Waals surface area contributed by atoms with Gasteiger partial charge in [0.15, 0.2) is 5.78 Å². The van der Waals surface area contributed by atoms with E-state index in [0.717, 1.165) is 5.69 Å². The predicted octanol–water partition coefficient (Wildman–Crippen LogP) is 2.67. The first-order valence-electron chi connectivity index (χ1n) is 12.0. The number of fused-ring (bicyclic) bond motifs is 1. The zero-order valence-corrected chi connectivity index (χ0v) is 21.4. The first-order chi connectivity index (χ1) is 16.5. The molecule has 0 saturated carbocycles. The number of benzene rings is 1. The van der Waals surface area contributed by atoms with Gasteiger partial charge in [-0.3, -0.25) is 19.3 Å². The van der Waals surface area contributed by atoms with Crippen molar-refractivity contribution >= 4 is 29.4 Å². The van der Waals surface area contributed by atoms with E-state index in [0.29, 0.717) is 17.7 Å². The predicted molar refractivity (Wildman–Crippen MR) is 133 cm³/mol. The van der Waals surface area contributed by atoms with Crippen LogP contribution in [0, 0.1) is 11.8 Å². The Bertz CT molecular complexity index is 999. The molecule has 0 aliphatic carbocycles. The lowest BCUT2D eigenvalue weighted by atomic mass is 10.0. The minimum Gasteiger partial charge on any atom is -0.449 e. The van der Waals surface area contributed by atoms with E-state index in [1.165, 1.54) is 9.80 Å². The van der Waals surface area contributed by atoms with Gasteiger partial charge in [-0.1, -0.05) is 27.7 Å². The zero-order chi connectivity index (χ0) is 25.9. The third-order valence-corrected chi connectivity index (χ3v) is 6.02. The Morgan fingerprint density at radius 1 is 1.09 bits per heavy atom. The Morgan fingerprint density at radius 3 is 2.31 bits per heavy atom. The smallest absolute Gasteiger partial charge is 0.414 e. The molecule has 2 heterocycles. The number of Topliss-reactive ketones (excluding diaryl/α,β-unsaturated/α-hetero) is 1. The molecule has 2 aliphatic heterocycles. The molecule has 2 aliphatic rings. The molecule has 0 aromatic heterocycles. The number of ketones is 1. The summed E-state index contributed by atoms with van der Waals surface area (Å²) in [6.07, 6.45) is 1.56. The fourth-order valence-corrected chi connectivity index (χ4v) is 4.25. The molecule has 35 heavy (non-hydrogen) atoms. The van der Waals surface area contributed by atoms with E-state index < -0.39 is 18.2 Å². The fourth-order valence-electron chi connectivity index (χ4n) is 4.25. The number of carbonyl (C=O) groups is 4. The highest BCUT2D eigenvalue weighted by atomic mass is 16.6. The molecule has 0 radical (unpaired) electrons. The number of nitrogens with zero attached hydrogens (tertiary/aromatic N) is 3. The monoisotopic (exact) mass is 484 g/mol. The maximum atomic E-state index is 13.6. The van der Waals surface area contributed by atoms with Crippen molar-refractivity contribution in [2.45, 2.75) is 46.2 Å². The molecule has 2 atom stereocenters. The highest BCUT2D eigenvalue weighted by Gasteiger charge is 2.48. The van der Waals surface area contributed by atoms with Gasteiger partial charge in [0.1, 0.15) is 12.1 Å². The standard InChI is InChI=1S/C26H36N4O5/c1-16(2)13-20(27-24(32)18-7-9-19(10-8-18)28(5)6)25(33)29-12-11-21-23(29)22(31)14-30(21)26(34)35-15-17(3)4/h7-11,16-17,20,23H,12-15H2,1-6H3,(H,27,32). The number of rotatable bonds is 8. The van der Waals surface area contributed by atoms with E-state index in [4.69, 9.17) is 4.74 Å². The van der Waals surface area contributed by atoms with Crippen molar-refractivity contribution in [3.63, 3.8) is 0 Å². The lowest BCUT2D eigenvalue weighted by Crippen LogP contribution is -2.52. The van der Waals surface area contributed by atoms with Crippen LogP contribution in [-0.4, -0.2) is 79.4 Å². The molecule has 9 heteroatoms. The molecule has 3 rings (SSSR count). The number of carbonyl (C=O) groups excluding carboxylic acids is 4. The number of hydrogen-bond acceptors (Lipinski definition) is 6. The normalized spacial score (nSPS) is 18.0. The maximum Gasteiger partial charge on any atom is 0.414 e. The molecule has 1 saturated heterocycles. The fraction of sp³-hybridized carbons (Fsp3) is 0.538. The van der Waals surface area contributed by atoms with Gasteiger partial charge in [0.25, 0.3) is 5.91 Å². The van der Waals surface area contributed by atoms with Crippen LogP contribution in [0.25, 0.3) is 0 Å². The summed E-state index contributed by atoms with van der Waals surface area (Å²) in [5, 5.41) is 2.87. The molecule has 0 bridgehead atoms. The molecular formula is C26H36N4O5. The highest BCUT2D eigenvalue weighted by molar-refractivity contribution is 6.02. The first-order valence-corrected chi connectivity index (χ1v) is 12.0. The third kappa shape index (κ3) is 6.01. The van der Waals surface area contributed by atoms with Crippen LogP contribution in [0.15, 0.2) is 36.0 Å². The van der Waals surface area contributed by atoms with Gasteiger partial charge in [-0.15, -0.1) is 0 Å².